The van der Waals surface area contributed by atoms with Gasteiger partial charge in [-0.3, -0.25) is 4.79 Å². The lowest BCUT2D eigenvalue weighted by atomic mass is 9.98. The van der Waals surface area contributed by atoms with Gasteiger partial charge in [-0.2, -0.15) is 0 Å². The van der Waals surface area contributed by atoms with E-state index in [2.05, 4.69) is 36.3 Å². The highest BCUT2D eigenvalue weighted by Crippen LogP contribution is 2.28. The molecule has 32 heavy (non-hydrogen) atoms. The molecule has 1 amide bonds. The summed E-state index contributed by atoms with van der Waals surface area (Å²) in [6, 6.07) is 20.9. The van der Waals surface area contributed by atoms with Crippen LogP contribution in [-0.2, 0) is 0 Å². The summed E-state index contributed by atoms with van der Waals surface area (Å²) in [5, 5.41) is 2.93. The van der Waals surface area contributed by atoms with Crippen LogP contribution >= 0.6 is 0 Å². The lowest BCUT2D eigenvalue weighted by Crippen LogP contribution is -2.12. The van der Waals surface area contributed by atoms with Crippen molar-refractivity contribution in [2.45, 2.75) is 39.5 Å². The summed E-state index contributed by atoms with van der Waals surface area (Å²) in [4.78, 5) is 17.3. The molecule has 0 aliphatic carbocycles. The Balaban J connectivity index is 1.48. The summed E-state index contributed by atoms with van der Waals surface area (Å²) in [6.07, 6.45) is 2.00. The van der Waals surface area contributed by atoms with Gasteiger partial charge in [0.15, 0.2) is 5.58 Å². The molecule has 0 bridgehead atoms. The Hall–Kier alpha value is -3.60. The van der Waals surface area contributed by atoms with E-state index >= 15 is 0 Å². The van der Waals surface area contributed by atoms with Crippen LogP contribution in [0, 0.1) is 0 Å². The normalized spacial score (nSPS) is 12.0. The van der Waals surface area contributed by atoms with Gasteiger partial charge in [0, 0.05) is 16.8 Å². The van der Waals surface area contributed by atoms with E-state index in [0.717, 1.165) is 29.5 Å². The monoisotopic (exact) mass is 428 g/mol. The summed E-state index contributed by atoms with van der Waals surface area (Å²) in [7, 11) is 0. The molecule has 0 radical (unpaired) electrons. The maximum Gasteiger partial charge on any atom is 0.255 e. The van der Waals surface area contributed by atoms with E-state index in [1.54, 1.807) is 12.1 Å². The lowest BCUT2D eigenvalue weighted by Gasteiger charge is -2.08. The van der Waals surface area contributed by atoms with Crippen molar-refractivity contribution in [2.75, 3.05) is 11.9 Å². The average molecular weight is 429 g/mol. The predicted molar refractivity (Wildman–Crippen MR) is 128 cm³/mol. The van der Waals surface area contributed by atoms with Crippen molar-refractivity contribution in [3.63, 3.8) is 0 Å². The quantitative estimate of drug-likeness (QED) is 0.327. The molecule has 1 aromatic heterocycles. The molecule has 164 valence electrons. The fraction of sp³-hybridized carbons (Fsp3) is 0.259. The first kappa shape index (κ1) is 21.6. The number of hydrogen-bond donors (Lipinski definition) is 1. The lowest BCUT2D eigenvalue weighted by molar-refractivity contribution is 0.102. The first-order valence-corrected chi connectivity index (χ1v) is 11.1. The van der Waals surface area contributed by atoms with E-state index in [9.17, 15) is 4.79 Å². The second-order valence-corrected chi connectivity index (χ2v) is 7.96. The van der Waals surface area contributed by atoms with E-state index in [-0.39, 0.29) is 5.91 Å². The van der Waals surface area contributed by atoms with Crippen LogP contribution in [0.3, 0.4) is 0 Å². The van der Waals surface area contributed by atoms with Crippen LogP contribution in [0.15, 0.2) is 71.1 Å². The Morgan fingerprint density at radius 2 is 1.88 bits per heavy atom. The van der Waals surface area contributed by atoms with Gasteiger partial charge in [-0.25, -0.2) is 4.98 Å². The van der Waals surface area contributed by atoms with Crippen LogP contribution < -0.4 is 10.1 Å². The predicted octanol–water partition coefficient (Wildman–Crippen LogP) is 7.05. The fourth-order valence-electron chi connectivity index (χ4n) is 3.46. The molecule has 1 heterocycles. The van der Waals surface area contributed by atoms with Gasteiger partial charge in [-0.15, -0.1) is 0 Å². The number of oxazole rings is 1. The summed E-state index contributed by atoms with van der Waals surface area (Å²) in [5.74, 6) is 1.57. The second kappa shape index (κ2) is 9.69. The largest absolute Gasteiger partial charge is 0.494 e. The minimum absolute atomic E-state index is 0.181. The molecule has 0 aliphatic rings. The fourth-order valence-corrected chi connectivity index (χ4v) is 3.46. The number of nitrogens with one attached hydrogen (secondary N) is 1. The molecular weight excluding hydrogens is 400 g/mol. The number of anilines is 1. The van der Waals surface area contributed by atoms with Crippen molar-refractivity contribution in [1.82, 2.24) is 4.98 Å². The molecule has 0 unspecified atom stereocenters. The number of nitrogens with zero attached hydrogens (tertiary/aromatic N) is 1. The Morgan fingerprint density at radius 1 is 1.06 bits per heavy atom. The number of benzene rings is 3. The zero-order chi connectivity index (χ0) is 22.5. The van der Waals surface area contributed by atoms with Gasteiger partial charge >= 0.3 is 0 Å². The van der Waals surface area contributed by atoms with E-state index in [4.69, 9.17) is 9.15 Å². The highest BCUT2D eigenvalue weighted by Gasteiger charge is 2.12. The molecule has 0 fully saturated rings. The second-order valence-electron chi connectivity index (χ2n) is 7.96. The number of ether oxygens (including phenoxy) is 1. The van der Waals surface area contributed by atoms with Crippen molar-refractivity contribution in [3.05, 3.63) is 77.9 Å². The molecule has 4 rings (SSSR count). The highest BCUT2D eigenvalue weighted by molar-refractivity contribution is 6.04. The number of amides is 1. The van der Waals surface area contributed by atoms with Gasteiger partial charge in [0.1, 0.15) is 11.3 Å². The Morgan fingerprint density at radius 3 is 2.62 bits per heavy atom. The topological polar surface area (TPSA) is 64.4 Å². The molecule has 5 nitrogen and oxygen atoms in total. The smallest absolute Gasteiger partial charge is 0.255 e. The van der Waals surface area contributed by atoms with Gasteiger partial charge in [0.25, 0.3) is 5.91 Å². The number of aromatic nitrogens is 1. The highest BCUT2D eigenvalue weighted by atomic mass is 16.5. The molecule has 1 atom stereocenters. The molecular formula is C27H28N2O3. The Kier molecular flexibility index (Phi) is 6.55. The Bertz CT molecular complexity index is 1210. The first-order valence-electron chi connectivity index (χ1n) is 11.1. The summed E-state index contributed by atoms with van der Waals surface area (Å²) in [6.45, 7) is 7.07. The minimum atomic E-state index is -0.181. The van der Waals surface area contributed by atoms with Crippen molar-refractivity contribution in [1.29, 1.82) is 0 Å². The van der Waals surface area contributed by atoms with Crippen LogP contribution in [0.4, 0.5) is 5.69 Å². The van der Waals surface area contributed by atoms with E-state index in [1.165, 1.54) is 5.56 Å². The molecule has 0 aliphatic heterocycles. The van der Waals surface area contributed by atoms with Crippen LogP contribution in [0.2, 0.25) is 0 Å². The van der Waals surface area contributed by atoms with E-state index in [1.807, 2.05) is 49.4 Å². The van der Waals surface area contributed by atoms with Crippen LogP contribution in [0.25, 0.3) is 22.6 Å². The third kappa shape index (κ3) is 4.83. The van der Waals surface area contributed by atoms with Crippen molar-refractivity contribution >= 4 is 22.7 Å². The van der Waals surface area contributed by atoms with Crippen molar-refractivity contribution < 1.29 is 13.9 Å². The van der Waals surface area contributed by atoms with Gasteiger partial charge in [0.2, 0.25) is 5.89 Å². The van der Waals surface area contributed by atoms with Gasteiger partial charge in [0.05, 0.1) is 6.61 Å². The van der Waals surface area contributed by atoms with Crippen molar-refractivity contribution in [2.24, 2.45) is 0 Å². The van der Waals surface area contributed by atoms with E-state index < -0.39 is 0 Å². The maximum atomic E-state index is 12.6. The van der Waals surface area contributed by atoms with Gasteiger partial charge in [-0.1, -0.05) is 32.9 Å². The third-order valence-electron chi connectivity index (χ3n) is 5.55. The third-order valence-corrected chi connectivity index (χ3v) is 5.55. The minimum Gasteiger partial charge on any atom is -0.494 e. The molecule has 0 spiro atoms. The molecule has 4 aromatic rings. The number of carbonyl (C=O) groups excluding carboxylic acids is 1. The number of carbonyl (C=O) groups is 1. The molecule has 3 aromatic carbocycles. The van der Waals surface area contributed by atoms with Crippen LogP contribution in [-0.4, -0.2) is 17.5 Å². The summed E-state index contributed by atoms with van der Waals surface area (Å²) in [5.41, 5.74) is 5.02. The number of rotatable bonds is 8. The number of hydrogen-bond acceptors (Lipinski definition) is 4. The van der Waals surface area contributed by atoms with Crippen LogP contribution in [0.5, 0.6) is 5.75 Å². The Labute approximate surface area is 188 Å². The SMILES string of the molecule is CCCOc1cccc(C(=O)Nc2ccc(-c3nc4cc([C@@H](C)CC)ccc4o3)cc2)c1. The average Bonchev–Trinajstić information content (AvgIpc) is 3.26. The number of fused-ring (bicyclic) bond motifs is 1. The van der Waals surface area contributed by atoms with Gasteiger partial charge in [-0.05, 0) is 78.9 Å². The van der Waals surface area contributed by atoms with E-state index in [0.29, 0.717) is 35.4 Å². The molecule has 0 saturated heterocycles. The molecule has 5 heteroatoms. The standard InChI is InChI=1S/C27H28N2O3/c1-4-15-31-23-8-6-7-21(16-23)26(30)28-22-12-9-19(10-13-22)27-29-24-17-20(18(3)5-2)11-14-25(24)32-27/h6-14,16-18H,4-5,15H2,1-3H3,(H,28,30)/t18-/m0/s1. The van der Waals surface area contributed by atoms with Gasteiger partial charge < -0.3 is 14.5 Å². The summed E-state index contributed by atoms with van der Waals surface area (Å²) >= 11 is 0. The summed E-state index contributed by atoms with van der Waals surface area (Å²) < 4.78 is 11.6. The molecule has 0 saturated carbocycles. The van der Waals surface area contributed by atoms with Crippen molar-refractivity contribution in [3.8, 4) is 17.2 Å². The zero-order valence-corrected chi connectivity index (χ0v) is 18.7. The molecule has 1 N–H and O–H groups in total. The maximum absolute atomic E-state index is 12.6. The van der Waals surface area contributed by atoms with Crippen LogP contribution in [0.1, 0.15) is 55.5 Å². The zero-order valence-electron chi connectivity index (χ0n) is 18.7. The first-order chi connectivity index (χ1) is 15.6.